The minimum atomic E-state index is -0.356. The van der Waals surface area contributed by atoms with Crippen LogP contribution in [0.3, 0.4) is 0 Å². The van der Waals surface area contributed by atoms with Gasteiger partial charge in [0.2, 0.25) is 0 Å². The Morgan fingerprint density at radius 2 is 2.05 bits per heavy atom. The van der Waals surface area contributed by atoms with Crippen molar-refractivity contribution in [3.63, 3.8) is 0 Å². The van der Waals surface area contributed by atoms with Crippen LogP contribution in [0.25, 0.3) is 0 Å². The molecular formula is C13H19NO5. The Hall–Kier alpha value is -1.30. The van der Waals surface area contributed by atoms with Gasteiger partial charge in [0.15, 0.2) is 0 Å². The molecule has 3 rings (SSSR count). The molecule has 3 heterocycles. The van der Waals surface area contributed by atoms with Crippen LogP contribution in [0.1, 0.15) is 33.1 Å². The number of fused-ring (bicyclic) bond motifs is 2. The summed E-state index contributed by atoms with van der Waals surface area (Å²) in [6, 6.07) is -0.0277. The highest BCUT2D eigenvalue weighted by Gasteiger charge is 2.58. The van der Waals surface area contributed by atoms with Crippen LogP contribution in [0.15, 0.2) is 0 Å². The van der Waals surface area contributed by atoms with Gasteiger partial charge in [0.1, 0.15) is 6.10 Å². The molecule has 6 heteroatoms. The number of carbonyl (C=O) groups is 2. The van der Waals surface area contributed by atoms with E-state index in [0.29, 0.717) is 6.61 Å². The fourth-order valence-electron chi connectivity index (χ4n) is 3.63. The predicted octanol–water partition coefficient (Wildman–Crippen LogP) is 1.08. The van der Waals surface area contributed by atoms with Crippen molar-refractivity contribution in [3.8, 4) is 0 Å². The number of hydrogen-bond donors (Lipinski definition) is 0. The highest BCUT2D eigenvalue weighted by atomic mass is 16.6. The molecule has 0 saturated carbocycles. The molecule has 3 aliphatic heterocycles. The van der Waals surface area contributed by atoms with Crippen molar-refractivity contribution in [1.29, 1.82) is 0 Å². The lowest BCUT2D eigenvalue weighted by Crippen LogP contribution is -2.62. The maximum absolute atomic E-state index is 12.1. The largest absolute Gasteiger partial charge is 0.458 e. The summed E-state index contributed by atoms with van der Waals surface area (Å²) in [5, 5.41) is 0. The first-order chi connectivity index (χ1) is 9.11. The quantitative estimate of drug-likeness (QED) is 0.702. The molecule has 0 N–H and O–H groups in total. The molecule has 0 aliphatic carbocycles. The number of piperidine rings is 2. The molecule has 6 nitrogen and oxygen atoms in total. The fourth-order valence-corrected chi connectivity index (χ4v) is 3.63. The Morgan fingerprint density at radius 3 is 2.74 bits per heavy atom. The van der Waals surface area contributed by atoms with Gasteiger partial charge in [-0.2, -0.15) is 0 Å². The summed E-state index contributed by atoms with van der Waals surface area (Å²) in [6.07, 6.45) is 1.77. The van der Waals surface area contributed by atoms with Crippen molar-refractivity contribution in [3.05, 3.63) is 0 Å². The average Bonchev–Trinajstić information content (AvgIpc) is 2.66. The van der Waals surface area contributed by atoms with E-state index >= 15 is 0 Å². The van der Waals surface area contributed by atoms with Crippen LogP contribution in [0.2, 0.25) is 0 Å². The van der Waals surface area contributed by atoms with Gasteiger partial charge in [-0.15, -0.1) is 0 Å². The SMILES string of the molecule is CCOC(=O)N1C2CC3OC2CCC1C3OC(C)=O. The molecule has 5 atom stereocenters. The van der Waals surface area contributed by atoms with Gasteiger partial charge in [-0.25, -0.2) is 4.79 Å². The minimum absolute atomic E-state index is 0.0613. The Morgan fingerprint density at radius 1 is 1.26 bits per heavy atom. The van der Waals surface area contributed by atoms with E-state index in [1.165, 1.54) is 6.92 Å². The van der Waals surface area contributed by atoms with Gasteiger partial charge < -0.3 is 14.2 Å². The summed E-state index contributed by atoms with van der Waals surface area (Å²) < 4.78 is 16.4. The Balaban J connectivity index is 1.85. The maximum Gasteiger partial charge on any atom is 0.410 e. The number of rotatable bonds is 2. The summed E-state index contributed by atoms with van der Waals surface area (Å²) >= 11 is 0. The van der Waals surface area contributed by atoms with Crippen LogP contribution in [-0.4, -0.2) is 54.0 Å². The van der Waals surface area contributed by atoms with Gasteiger partial charge in [-0.05, 0) is 19.8 Å². The maximum atomic E-state index is 12.1. The molecule has 0 aromatic rings. The van der Waals surface area contributed by atoms with Crippen molar-refractivity contribution < 1.29 is 23.8 Å². The summed E-state index contributed by atoms with van der Waals surface area (Å²) in [5.41, 5.74) is 0. The lowest BCUT2D eigenvalue weighted by Gasteiger charge is -2.46. The molecule has 0 aromatic heterocycles. The van der Waals surface area contributed by atoms with Gasteiger partial charge >= 0.3 is 12.1 Å². The van der Waals surface area contributed by atoms with Crippen molar-refractivity contribution >= 4 is 12.1 Å². The minimum Gasteiger partial charge on any atom is -0.458 e. The third kappa shape index (κ3) is 1.98. The topological polar surface area (TPSA) is 65.1 Å². The first-order valence-corrected chi connectivity index (χ1v) is 6.89. The molecule has 0 spiro atoms. The van der Waals surface area contributed by atoms with E-state index in [-0.39, 0.29) is 42.5 Å². The van der Waals surface area contributed by atoms with E-state index in [4.69, 9.17) is 14.2 Å². The summed E-state index contributed by atoms with van der Waals surface area (Å²) in [4.78, 5) is 25.1. The molecule has 1 amide bonds. The van der Waals surface area contributed by atoms with E-state index in [1.807, 2.05) is 0 Å². The van der Waals surface area contributed by atoms with E-state index in [0.717, 1.165) is 19.3 Å². The number of nitrogens with zero attached hydrogens (tertiary/aromatic N) is 1. The van der Waals surface area contributed by atoms with Crippen molar-refractivity contribution in [1.82, 2.24) is 4.90 Å². The van der Waals surface area contributed by atoms with E-state index in [2.05, 4.69) is 0 Å². The standard InChI is InChI=1S/C13H19NO5/c1-3-17-13(16)14-8-4-5-10-9(14)6-11(19-10)12(8)18-7(2)15/h8-12H,3-6H2,1-2H3. The number of carbonyl (C=O) groups excluding carboxylic acids is 2. The normalized spacial score (nSPS) is 39.3. The fraction of sp³-hybridized carbons (Fsp3) is 0.846. The third-order valence-corrected chi connectivity index (χ3v) is 4.24. The number of amides is 1. The highest BCUT2D eigenvalue weighted by molar-refractivity contribution is 5.70. The number of esters is 1. The summed E-state index contributed by atoms with van der Waals surface area (Å²) in [7, 11) is 0. The Labute approximate surface area is 112 Å². The highest BCUT2D eigenvalue weighted by Crippen LogP contribution is 2.44. The van der Waals surface area contributed by atoms with Crippen LogP contribution >= 0.6 is 0 Å². The second kappa shape index (κ2) is 4.67. The lowest BCUT2D eigenvalue weighted by atomic mass is 9.83. The third-order valence-electron chi connectivity index (χ3n) is 4.24. The predicted molar refractivity (Wildman–Crippen MR) is 64.5 cm³/mol. The average molecular weight is 269 g/mol. The molecule has 106 valence electrons. The van der Waals surface area contributed by atoms with Gasteiger partial charge in [0.25, 0.3) is 0 Å². The smallest absolute Gasteiger partial charge is 0.410 e. The van der Waals surface area contributed by atoms with Gasteiger partial charge in [-0.1, -0.05) is 0 Å². The monoisotopic (exact) mass is 269 g/mol. The van der Waals surface area contributed by atoms with Crippen molar-refractivity contribution in [2.45, 2.75) is 63.5 Å². The Bertz CT molecular complexity index is 398. The van der Waals surface area contributed by atoms with Gasteiger partial charge in [0.05, 0.1) is 30.9 Å². The van der Waals surface area contributed by atoms with Crippen LogP contribution in [0.5, 0.6) is 0 Å². The van der Waals surface area contributed by atoms with E-state index < -0.39 is 0 Å². The van der Waals surface area contributed by atoms with Crippen molar-refractivity contribution in [2.75, 3.05) is 6.61 Å². The first kappa shape index (κ1) is 12.7. The van der Waals surface area contributed by atoms with Gasteiger partial charge in [-0.3, -0.25) is 9.69 Å². The Kier molecular flexibility index (Phi) is 3.12. The second-order valence-corrected chi connectivity index (χ2v) is 5.34. The molecule has 3 bridgehead atoms. The first-order valence-electron chi connectivity index (χ1n) is 6.89. The molecule has 19 heavy (non-hydrogen) atoms. The molecule has 3 aliphatic rings. The summed E-state index contributed by atoms with van der Waals surface area (Å²) in [6.45, 7) is 3.53. The zero-order chi connectivity index (χ0) is 13.6. The van der Waals surface area contributed by atoms with Crippen LogP contribution < -0.4 is 0 Å². The molecule has 3 saturated heterocycles. The second-order valence-electron chi connectivity index (χ2n) is 5.34. The molecule has 5 unspecified atom stereocenters. The zero-order valence-electron chi connectivity index (χ0n) is 11.2. The number of ether oxygens (including phenoxy) is 3. The zero-order valence-corrected chi connectivity index (χ0v) is 11.2. The van der Waals surface area contributed by atoms with Crippen LogP contribution in [-0.2, 0) is 19.0 Å². The van der Waals surface area contributed by atoms with E-state index in [1.54, 1.807) is 11.8 Å². The van der Waals surface area contributed by atoms with E-state index in [9.17, 15) is 9.59 Å². The lowest BCUT2D eigenvalue weighted by molar-refractivity contribution is -0.158. The molecule has 0 radical (unpaired) electrons. The summed E-state index contributed by atoms with van der Waals surface area (Å²) in [5.74, 6) is -0.328. The van der Waals surface area contributed by atoms with Crippen molar-refractivity contribution in [2.24, 2.45) is 0 Å². The van der Waals surface area contributed by atoms with Crippen LogP contribution in [0.4, 0.5) is 4.79 Å². The molecule has 0 aromatic carbocycles. The number of hydrogen-bond acceptors (Lipinski definition) is 5. The van der Waals surface area contributed by atoms with Gasteiger partial charge in [0, 0.05) is 13.3 Å². The van der Waals surface area contributed by atoms with Crippen LogP contribution in [0, 0.1) is 0 Å². The molecular weight excluding hydrogens is 250 g/mol. The molecule has 3 fully saturated rings.